The number of aromatic nitrogens is 3. The number of thiophene rings is 1. The zero-order valence-corrected chi connectivity index (χ0v) is 18.1. The molecule has 0 fully saturated rings. The van der Waals surface area contributed by atoms with E-state index in [2.05, 4.69) is 14.8 Å². The van der Waals surface area contributed by atoms with Crippen molar-refractivity contribution >= 4 is 37.7 Å². The summed E-state index contributed by atoms with van der Waals surface area (Å²) in [5.74, 6) is 1.43. The summed E-state index contributed by atoms with van der Waals surface area (Å²) in [5.41, 5.74) is 0.893. The van der Waals surface area contributed by atoms with Gasteiger partial charge in [-0.15, -0.1) is 27.8 Å². The largest absolute Gasteiger partial charge is 0.497 e. The minimum atomic E-state index is -3.74. The molecular formula is C18H18N4O4S3. The van der Waals surface area contributed by atoms with Crippen LogP contribution >= 0.6 is 22.7 Å². The van der Waals surface area contributed by atoms with Crippen LogP contribution in [0, 0.1) is 0 Å². The lowest BCUT2D eigenvalue weighted by Gasteiger charge is -2.11. The normalized spacial score (nSPS) is 11.8. The highest BCUT2D eigenvalue weighted by atomic mass is 32.2. The van der Waals surface area contributed by atoms with E-state index in [0.717, 1.165) is 15.5 Å². The van der Waals surface area contributed by atoms with Crippen LogP contribution in [-0.2, 0) is 16.4 Å². The number of thiazole rings is 1. The van der Waals surface area contributed by atoms with Gasteiger partial charge in [-0.1, -0.05) is 6.07 Å². The second-order valence-electron chi connectivity index (χ2n) is 6.00. The number of sulfonamides is 1. The second-order valence-corrected chi connectivity index (χ2v) is 9.52. The van der Waals surface area contributed by atoms with Crippen molar-refractivity contribution in [2.24, 2.45) is 0 Å². The van der Waals surface area contributed by atoms with Gasteiger partial charge >= 0.3 is 0 Å². The van der Waals surface area contributed by atoms with Crippen LogP contribution in [0.15, 0.2) is 46.0 Å². The first-order chi connectivity index (χ1) is 14.0. The fourth-order valence-electron chi connectivity index (χ4n) is 2.79. The van der Waals surface area contributed by atoms with E-state index >= 15 is 0 Å². The smallest absolute Gasteiger partial charge is 0.244 e. The molecule has 1 N–H and O–H groups in total. The van der Waals surface area contributed by atoms with Gasteiger partial charge < -0.3 is 9.47 Å². The maximum atomic E-state index is 12.7. The third-order valence-electron chi connectivity index (χ3n) is 4.22. The maximum Gasteiger partial charge on any atom is 0.244 e. The Labute approximate surface area is 175 Å². The van der Waals surface area contributed by atoms with Crippen LogP contribution in [-0.4, -0.2) is 43.8 Å². The lowest BCUT2D eigenvalue weighted by molar-refractivity contribution is 0.386. The lowest BCUT2D eigenvalue weighted by atomic mass is 10.3. The molecule has 0 saturated heterocycles. The SMILES string of the molecule is COc1ccc(S(=O)(=O)NCCc2csc3nc(-c4cccs4)nn23)c(OC)c1. The van der Waals surface area contributed by atoms with Gasteiger partial charge in [0.05, 0.1) is 24.8 Å². The summed E-state index contributed by atoms with van der Waals surface area (Å²) in [6, 6.07) is 8.52. The van der Waals surface area contributed by atoms with Gasteiger partial charge in [0.15, 0.2) is 5.82 Å². The average Bonchev–Trinajstić information content (AvgIpc) is 3.45. The molecule has 0 aliphatic carbocycles. The number of fused-ring (bicyclic) bond motifs is 1. The molecule has 3 heterocycles. The fraction of sp³-hybridized carbons (Fsp3) is 0.222. The summed E-state index contributed by atoms with van der Waals surface area (Å²) in [6.45, 7) is 0.220. The van der Waals surface area contributed by atoms with Crippen molar-refractivity contribution in [3.8, 4) is 22.2 Å². The first-order valence-corrected chi connectivity index (χ1v) is 11.8. The summed E-state index contributed by atoms with van der Waals surface area (Å²) in [4.78, 5) is 6.38. The fourth-order valence-corrected chi connectivity index (χ4v) is 5.48. The highest BCUT2D eigenvalue weighted by molar-refractivity contribution is 7.89. The molecule has 4 rings (SSSR count). The number of methoxy groups -OCH3 is 2. The molecule has 152 valence electrons. The van der Waals surface area contributed by atoms with E-state index in [1.54, 1.807) is 28.0 Å². The number of ether oxygens (including phenoxy) is 2. The Morgan fingerprint density at radius 1 is 1.17 bits per heavy atom. The Hall–Kier alpha value is -2.47. The second kappa shape index (κ2) is 8.11. The monoisotopic (exact) mass is 450 g/mol. The van der Waals surface area contributed by atoms with Gasteiger partial charge in [-0.3, -0.25) is 0 Å². The molecule has 0 aliphatic rings. The Bertz CT molecular complexity index is 1230. The van der Waals surface area contributed by atoms with Gasteiger partial charge in [-0.05, 0) is 23.6 Å². The number of hydrogen-bond acceptors (Lipinski definition) is 8. The molecule has 29 heavy (non-hydrogen) atoms. The summed E-state index contributed by atoms with van der Waals surface area (Å²) < 4.78 is 40.1. The van der Waals surface area contributed by atoms with Crippen LogP contribution in [0.4, 0.5) is 0 Å². The number of rotatable bonds is 8. The van der Waals surface area contributed by atoms with Crippen molar-refractivity contribution in [3.63, 3.8) is 0 Å². The molecule has 3 aromatic heterocycles. The molecule has 8 nitrogen and oxygen atoms in total. The first kappa shape index (κ1) is 19.8. The third-order valence-corrected chi connectivity index (χ3v) is 7.46. The van der Waals surface area contributed by atoms with E-state index in [9.17, 15) is 8.42 Å². The molecule has 0 radical (unpaired) electrons. The van der Waals surface area contributed by atoms with Crippen molar-refractivity contribution in [2.75, 3.05) is 20.8 Å². The Balaban J connectivity index is 1.48. The predicted octanol–water partition coefficient (Wildman–Crippen LogP) is 3.06. The van der Waals surface area contributed by atoms with Gasteiger partial charge in [0.2, 0.25) is 15.0 Å². The number of nitrogens with zero attached hydrogens (tertiary/aromatic N) is 3. The maximum absolute atomic E-state index is 12.7. The standard InChI is InChI=1S/C18H18N4O4S3/c1-25-13-5-6-16(14(10-13)26-2)29(23,24)19-8-7-12-11-28-18-20-17(21-22(12)18)15-4-3-9-27-15/h3-6,9-11,19H,7-8H2,1-2H3. The molecule has 0 bridgehead atoms. The zero-order valence-electron chi connectivity index (χ0n) is 15.7. The number of benzene rings is 1. The molecule has 0 saturated carbocycles. The lowest BCUT2D eigenvalue weighted by Crippen LogP contribution is -2.26. The van der Waals surface area contributed by atoms with E-state index < -0.39 is 10.0 Å². The van der Waals surface area contributed by atoms with Crippen LogP contribution in [0.2, 0.25) is 0 Å². The van der Waals surface area contributed by atoms with Gasteiger partial charge in [-0.2, -0.15) is 4.98 Å². The average molecular weight is 451 g/mol. The minimum Gasteiger partial charge on any atom is -0.497 e. The highest BCUT2D eigenvalue weighted by Crippen LogP contribution is 2.28. The zero-order chi connectivity index (χ0) is 20.4. The molecule has 1 aromatic carbocycles. The van der Waals surface area contributed by atoms with Crippen LogP contribution in [0.3, 0.4) is 0 Å². The van der Waals surface area contributed by atoms with E-state index in [1.807, 2.05) is 22.9 Å². The highest BCUT2D eigenvalue weighted by Gasteiger charge is 2.20. The Morgan fingerprint density at radius 2 is 2.03 bits per heavy atom. The van der Waals surface area contributed by atoms with Crippen LogP contribution in [0.1, 0.15) is 5.69 Å². The van der Waals surface area contributed by atoms with Crippen LogP contribution in [0.5, 0.6) is 11.5 Å². The van der Waals surface area contributed by atoms with Crippen LogP contribution in [0.25, 0.3) is 15.7 Å². The van der Waals surface area contributed by atoms with Crippen molar-refractivity contribution in [2.45, 2.75) is 11.3 Å². The predicted molar refractivity (Wildman–Crippen MR) is 113 cm³/mol. The van der Waals surface area contributed by atoms with Crippen molar-refractivity contribution in [3.05, 3.63) is 46.8 Å². The van der Waals surface area contributed by atoms with E-state index in [-0.39, 0.29) is 17.2 Å². The molecule has 0 amide bonds. The Morgan fingerprint density at radius 3 is 2.76 bits per heavy atom. The van der Waals surface area contributed by atoms with Gasteiger partial charge in [0, 0.05) is 24.4 Å². The summed E-state index contributed by atoms with van der Waals surface area (Å²) >= 11 is 3.06. The molecular weight excluding hydrogens is 432 g/mol. The molecule has 0 atom stereocenters. The van der Waals surface area contributed by atoms with Crippen LogP contribution < -0.4 is 14.2 Å². The topological polar surface area (TPSA) is 94.8 Å². The molecule has 0 aliphatic heterocycles. The molecule has 0 unspecified atom stereocenters. The molecule has 0 spiro atoms. The quantitative estimate of drug-likeness (QED) is 0.443. The Kier molecular flexibility index (Phi) is 5.54. The van der Waals surface area contributed by atoms with Crippen molar-refractivity contribution < 1.29 is 17.9 Å². The molecule has 11 heteroatoms. The van der Waals surface area contributed by atoms with E-state index in [0.29, 0.717) is 18.0 Å². The number of nitrogens with one attached hydrogen (secondary N) is 1. The minimum absolute atomic E-state index is 0.0667. The van der Waals surface area contributed by atoms with E-state index in [4.69, 9.17) is 9.47 Å². The summed E-state index contributed by atoms with van der Waals surface area (Å²) in [5, 5.41) is 8.47. The first-order valence-electron chi connectivity index (χ1n) is 8.60. The van der Waals surface area contributed by atoms with Crippen molar-refractivity contribution in [1.29, 1.82) is 0 Å². The van der Waals surface area contributed by atoms with E-state index in [1.165, 1.54) is 31.6 Å². The van der Waals surface area contributed by atoms with Gasteiger partial charge in [-0.25, -0.2) is 17.7 Å². The van der Waals surface area contributed by atoms with Gasteiger partial charge in [0.1, 0.15) is 16.4 Å². The third kappa shape index (κ3) is 3.99. The number of hydrogen-bond donors (Lipinski definition) is 1. The molecule has 4 aromatic rings. The van der Waals surface area contributed by atoms with Crippen molar-refractivity contribution in [1.82, 2.24) is 19.3 Å². The van der Waals surface area contributed by atoms with Gasteiger partial charge in [0.25, 0.3) is 0 Å². The summed E-state index contributed by atoms with van der Waals surface area (Å²) in [6.07, 6.45) is 0.477. The summed E-state index contributed by atoms with van der Waals surface area (Å²) in [7, 11) is -0.802.